The molecule has 0 unspecified atom stereocenters. The topological polar surface area (TPSA) is 93.5 Å². The molecule has 16 heavy (non-hydrogen) atoms. The van der Waals surface area contributed by atoms with Crippen LogP contribution in [0.15, 0.2) is 10.6 Å². The number of ether oxygens (including phenoxy) is 1. The summed E-state index contributed by atoms with van der Waals surface area (Å²) in [5.74, 6) is -0.762. The molecule has 88 valence electrons. The molecule has 0 atom stereocenters. The fourth-order valence-corrected chi connectivity index (χ4v) is 0.945. The highest BCUT2D eigenvalue weighted by atomic mass is 16.5. The van der Waals surface area contributed by atoms with Gasteiger partial charge in [0.2, 0.25) is 0 Å². The fourth-order valence-electron chi connectivity index (χ4n) is 0.945. The SMILES string of the molecule is COCCNC(=O)C(=O)Nc1cc(C)on1. The van der Waals surface area contributed by atoms with Gasteiger partial charge >= 0.3 is 11.8 Å². The zero-order valence-electron chi connectivity index (χ0n) is 9.07. The van der Waals surface area contributed by atoms with Gasteiger partial charge in [0.15, 0.2) is 5.82 Å². The first kappa shape index (κ1) is 12.2. The minimum Gasteiger partial charge on any atom is -0.383 e. The highest BCUT2D eigenvalue weighted by molar-refractivity contribution is 6.39. The van der Waals surface area contributed by atoms with Crippen LogP contribution in [0.1, 0.15) is 5.76 Å². The highest BCUT2D eigenvalue weighted by Gasteiger charge is 2.14. The van der Waals surface area contributed by atoms with E-state index in [-0.39, 0.29) is 12.4 Å². The first-order valence-corrected chi connectivity index (χ1v) is 4.65. The Balaban J connectivity index is 2.37. The van der Waals surface area contributed by atoms with Crippen molar-refractivity contribution in [1.82, 2.24) is 10.5 Å². The van der Waals surface area contributed by atoms with Gasteiger partial charge in [-0.05, 0) is 6.92 Å². The third-order valence-electron chi connectivity index (χ3n) is 1.67. The van der Waals surface area contributed by atoms with Crippen LogP contribution >= 0.6 is 0 Å². The predicted molar refractivity (Wildman–Crippen MR) is 54.8 cm³/mol. The van der Waals surface area contributed by atoms with Crippen molar-refractivity contribution in [1.29, 1.82) is 0 Å². The number of carbonyl (C=O) groups is 2. The second kappa shape index (κ2) is 5.86. The number of nitrogens with one attached hydrogen (secondary N) is 2. The van der Waals surface area contributed by atoms with Gasteiger partial charge in [-0.25, -0.2) is 0 Å². The molecule has 7 heteroatoms. The summed E-state index contributed by atoms with van der Waals surface area (Å²) in [5.41, 5.74) is 0. The van der Waals surface area contributed by atoms with Crippen LogP contribution in [0.2, 0.25) is 0 Å². The summed E-state index contributed by atoms with van der Waals surface area (Å²) in [7, 11) is 1.50. The smallest absolute Gasteiger partial charge is 0.314 e. The summed E-state index contributed by atoms with van der Waals surface area (Å²) >= 11 is 0. The average Bonchev–Trinajstić information content (AvgIpc) is 2.64. The molecule has 0 fully saturated rings. The second-order valence-corrected chi connectivity index (χ2v) is 3.03. The maximum absolute atomic E-state index is 11.3. The van der Waals surface area contributed by atoms with Crippen molar-refractivity contribution >= 4 is 17.6 Å². The average molecular weight is 227 g/mol. The van der Waals surface area contributed by atoms with Crippen LogP contribution in [0.4, 0.5) is 5.82 Å². The maximum atomic E-state index is 11.3. The molecule has 2 N–H and O–H groups in total. The van der Waals surface area contributed by atoms with E-state index < -0.39 is 11.8 Å². The maximum Gasteiger partial charge on any atom is 0.314 e. The molecule has 0 bridgehead atoms. The van der Waals surface area contributed by atoms with Gasteiger partial charge in [0.25, 0.3) is 0 Å². The quantitative estimate of drug-likeness (QED) is 0.543. The van der Waals surface area contributed by atoms with Crippen LogP contribution in [0.3, 0.4) is 0 Å². The zero-order chi connectivity index (χ0) is 12.0. The first-order chi connectivity index (χ1) is 7.63. The van der Waals surface area contributed by atoms with Crippen molar-refractivity contribution < 1.29 is 18.8 Å². The largest absolute Gasteiger partial charge is 0.383 e. The van der Waals surface area contributed by atoms with E-state index in [2.05, 4.69) is 15.8 Å². The van der Waals surface area contributed by atoms with E-state index in [9.17, 15) is 9.59 Å². The van der Waals surface area contributed by atoms with Crippen molar-refractivity contribution in [3.05, 3.63) is 11.8 Å². The van der Waals surface area contributed by atoms with E-state index in [0.29, 0.717) is 12.4 Å². The van der Waals surface area contributed by atoms with E-state index >= 15 is 0 Å². The number of methoxy groups -OCH3 is 1. The summed E-state index contributed by atoms with van der Waals surface area (Å²) in [6.45, 7) is 2.31. The third-order valence-corrected chi connectivity index (χ3v) is 1.67. The molecule has 0 aliphatic heterocycles. The van der Waals surface area contributed by atoms with E-state index in [4.69, 9.17) is 9.26 Å². The Labute approximate surface area is 92.1 Å². The van der Waals surface area contributed by atoms with E-state index in [0.717, 1.165) is 0 Å². The Morgan fingerprint density at radius 1 is 1.50 bits per heavy atom. The summed E-state index contributed by atoms with van der Waals surface area (Å²) in [6.07, 6.45) is 0. The number of aryl methyl sites for hydroxylation is 1. The van der Waals surface area contributed by atoms with Crippen LogP contribution in [0.5, 0.6) is 0 Å². The van der Waals surface area contributed by atoms with E-state index in [1.54, 1.807) is 6.92 Å². The van der Waals surface area contributed by atoms with Crippen LogP contribution in [-0.4, -0.2) is 37.2 Å². The van der Waals surface area contributed by atoms with E-state index in [1.165, 1.54) is 13.2 Å². The zero-order valence-corrected chi connectivity index (χ0v) is 9.07. The summed E-state index contributed by atoms with van der Waals surface area (Å²) in [4.78, 5) is 22.5. The molecule has 1 rings (SSSR count). The lowest BCUT2D eigenvalue weighted by atomic mass is 10.4. The van der Waals surface area contributed by atoms with E-state index in [1.807, 2.05) is 0 Å². The number of carbonyl (C=O) groups excluding carboxylic acids is 2. The van der Waals surface area contributed by atoms with Gasteiger partial charge in [-0.1, -0.05) is 5.16 Å². The molecule has 0 aliphatic rings. The Bertz CT molecular complexity index is 375. The van der Waals surface area contributed by atoms with Crippen LogP contribution in [0.25, 0.3) is 0 Å². The molecule has 0 saturated carbocycles. The van der Waals surface area contributed by atoms with Gasteiger partial charge < -0.3 is 14.6 Å². The van der Waals surface area contributed by atoms with Gasteiger partial charge in [0.1, 0.15) is 5.76 Å². The van der Waals surface area contributed by atoms with Gasteiger partial charge in [-0.3, -0.25) is 14.9 Å². The van der Waals surface area contributed by atoms with Crippen molar-refractivity contribution in [2.45, 2.75) is 6.92 Å². The van der Waals surface area contributed by atoms with Gasteiger partial charge in [0.05, 0.1) is 6.61 Å². The lowest BCUT2D eigenvalue weighted by Gasteiger charge is -2.03. The summed E-state index contributed by atoms with van der Waals surface area (Å²) < 4.78 is 9.45. The van der Waals surface area contributed by atoms with Crippen LogP contribution < -0.4 is 10.6 Å². The monoisotopic (exact) mass is 227 g/mol. The lowest BCUT2D eigenvalue weighted by molar-refractivity contribution is -0.136. The van der Waals surface area contributed by atoms with Crippen LogP contribution in [0, 0.1) is 6.92 Å². The Morgan fingerprint density at radius 2 is 2.25 bits per heavy atom. The number of hydrogen-bond donors (Lipinski definition) is 2. The van der Waals surface area contributed by atoms with Crippen molar-refractivity contribution in [2.75, 3.05) is 25.6 Å². The number of amides is 2. The van der Waals surface area contributed by atoms with Gasteiger partial charge in [0, 0.05) is 19.7 Å². The fraction of sp³-hybridized carbons (Fsp3) is 0.444. The number of anilines is 1. The van der Waals surface area contributed by atoms with Crippen molar-refractivity contribution in [3.63, 3.8) is 0 Å². The molecule has 0 aliphatic carbocycles. The Kier molecular flexibility index (Phi) is 4.46. The Morgan fingerprint density at radius 3 is 2.81 bits per heavy atom. The van der Waals surface area contributed by atoms with Crippen molar-refractivity contribution in [3.8, 4) is 0 Å². The molecule has 0 saturated heterocycles. The highest BCUT2D eigenvalue weighted by Crippen LogP contribution is 2.06. The third kappa shape index (κ3) is 3.70. The standard InChI is InChI=1S/C9H13N3O4/c1-6-5-7(12-16-6)11-9(14)8(13)10-3-4-15-2/h5H,3-4H2,1-2H3,(H,10,13)(H,11,12,14). The normalized spacial score (nSPS) is 9.88. The molecule has 7 nitrogen and oxygen atoms in total. The first-order valence-electron chi connectivity index (χ1n) is 4.65. The number of nitrogens with zero attached hydrogens (tertiary/aromatic N) is 1. The predicted octanol–water partition coefficient (Wildman–Crippen LogP) is -0.316. The number of rotatable bonds is 4. The minimum atomic E-state index is -0.788. The molecular formula is C9H13N3O4. The second-order valence-electron chi connectivity index (χ2n) is 3.03. The van der Waals surface area contributed by atoms with Crippen LogP contribution in [-0.2, 0) is 14.3 Å². The number of hydrogen-bond acceptors (Lipinski definition) is 5. The van der Waals surface area contributed by atoms with Gasteiger partial charge in [-0.15, -0.1) is 0 Å². The summed E-state index contributed by atoms with van der Waals surface area (Å²) in [6, 6.07) is 1.51. The molecular weight excluding hydrogens is 214 g/mol. The van der Waals surface area contributed by atoms with Crippen molar-refractivity contribution in [2.24, 2.45) is 0 Å². The molecule has 1 aromatic rings. The molecule has 1 aromatic heterocycles. The minimum absolute atomic E-state index is 0.212. The number of aromatic nitrogens is 1. The molecule has 1 heterocycles. The summed E-state index contributed by atoms with van der Waals surface area (Å²) in [5, 5.41) is 8.19. The molecule has 0 aromatic carbocycles. The Hall–Kier alpha value is -1.89. The molecule has 0 radical (unpaired) electrons. The molecule has 0 spiro atoms. The molecule has 2 amide bonds. The lowest BCUT2D eigenvalue weighted by Crippen LogP contribution is -2.37. The van der Waals surface area contributed by atoms with Gasteiger partial charge in [-0.2, -0.15) is 0 Å².